The van der Waals surface area contributed by atoms with Crippen LogP contribution >= 0.6 is 24.0 Å². The van der Waals surface area contributed by atoms with E-state index in [2.05, 4.69) is 22.3 Å². The Morgan fingerprint density at radius 1 is 1.31 bits per heavy atom. The van der Waals surface area contributed by atoms with Crippen molar-refractivity contribution >= 4 is 29.9 Å². The Bertz CT molecular complexity index is 777. The van der Waals surface area contributed by atoms with Gasteiger partial charge in [0.2, 0.25) is 5.82 Å². The first-order valence-corrected chi connectivity index (χ1v) is 9.04. The van der Waals surface area contributed by atoms with Crippen molar-refractivity contribution in [2.24, 2.45) is 0 Å². The summed E-state index contributed by atoms with van der Waals surface area (Å²) in [5, 5.41) is 8.47. The fraction of sp³-hybridized carbons (Fsp3) is 0.500. The number of para-hydroxylation sites is 1. The summed E-state index contributed by atoms with van der Waals surface area (Å²) in [6, 6.07) is 7.79. The van der Waals surface area contributed by atoms with Crippen LogP contribution in [0.2, 0.25) is 5.02 Å². The Balaban J connectivity index is 0.00000243. The third kappa shape index (κ3) is 3.87. The van der Waals surface area contributed by atoms with Crippen molar-refractivity contribution in [1.29, 1.82) is 0 Å². The Labute approximate surface area is 165 Å². The number of halogens is 2. The zero-order valence-corrected chi connectivity index (χ0v) is 17.0. The first-order valence-electron chi connectivity index (χ1n) is 8.66. The summed E-state index contributed by atoms with van der Waals surface area (Å²) < 4.78 is 1.69. The molecule has 2 heterocycles. The molecule has 1 aromatic carbocycles. The number of nitrogens with zero attached hydrogens (tertiary/aromatic N) is 4. The van der Waals surface area contributed by atoms with Crippen LogP contribution in [0.15, 0.2) is 24.3 Å². The van der Waals surface area contributed by atoms with Crippen molar-refractivity contribution < 1.29 is 4.79 Å². The highest BCUT2D eigenvalue weighted by Gasteiger charge is 2.32. The Kier molecular flexibility index (Phi) is 6.66. The average molecular weight is 398 g/mol. The maximum absolute atomic E-state index is 13.0. The van der Waals surface area contributed by atoms with E-state index in [4.69, 9.17) is 11.6 Å². The van der Waals surface area contributed by atoms with Crippen molar-refractivity contribution in [3.8, 4) is 5.69 Å². The van der Waals surface area contributed by atoms with Crippen LogP contribution in [0, 0.1) is 0 Å². The van der Waals surface area contributed by atoms with Crippen LogP contribution in [0.3, 0.4) is 0 Å². The van der Waals surface area contributed by atoms with E-state index in [0.717, 1.165) is 18.1 Å². The number of hydrogen-bond donors (Lipinski definition) is 1. The molecule has 1 aliphatic heterocycles. The van der Waals surface area contributed by atoms with Crippen LogP contribution in [0.1, 0.15) is 50.1 Å². The molecule has 1 fully saturated rings. The number of rotatable bonds is 3. The molecule has 26 heavy (non-hydrogen) atoms. The minimum absolute atomic E-state index is 0. The van der Waals surface area contributed by atoms with Gasteiger partial charge in [0.1, 0.15) is 5.82 Å². The molecular weight excluding hydrogens is 373 g/mol. The molecule has 2 aromatic rings. The predicted octanol–water partition coefficient (Wildman–Crippen LogP) is 3.29. The van der Waals surface area contributed by atoms with E-state index in [1.165, 1.54) is 0 Å². The number of aromatic nitrogens is 3. The van der Waals surface area contributed by atoms with Crippen LogP contribution in [0.4, 0.5) is 0 Å². The van der Waals surface area contributed by atoms with Crippen LogP contribution in [-0.4, -0.2) is 50.7 Å². The van der Waals surface area contributed by atoms with Gasteiger partial charge in [-0.3, -0.25) is 4.79 Å². The third-order valence-corrected chi connectivity index (χ3v) is 5.04. The molecule has 8 heteroatoms. The minimum atomic E-state index is -0.131. The number of hydrogen-bond acceptors (Lipinski definition) is 4. The van der Waals surface area contributed by atoms with Gasteiger partial charge in [-0.2, -0.15) is 0 Å². The normalized spacial score (nSPS) is 20.2. The van der Waals surface area contributed by atoms with Crippen molar-refractivity contribution in [1.82, 2.24) is 25.0 Å². The second kappa shape index (κ2) is 8.37. The maximum atomic E-state index is 13.0. The molecule has 0 spiro atoms. The summed E-state index contributed by atoms with van der Waals surface area (Å²) in [5.74, 6) is 0.940. The fourth-order valence-corrected chi connectivity index (χ4v) is 3.28. The van der Waals surface area contributed by atoms with Gasteiger partial charge in [-0.15, -0.1) is 17.5 Å². The van der Waals surface area contributed by atoms with Crippen LogP contribution in [-0.2, 0) is 0 Å². The van der Waals surface area contributed by atoms with Crippen LogP contribution in [0.25, 0.3) is 5.69 Å². The molecule has 1 aromatic heterocycles. The predicted molar refractivity (Wildman–Crippen MR) is 106 cm³/mol. The number of benzene rings is 1. The average Bonchev–Trinajstić information content (AvgIpc) is 3.02. The van der Waals surface area contributed by atoms with Gasteiger partial charge in [0.15, 0.2) is 0 Å². The van der Waals surface area contributed by atoms with Crippen molar-refractivity contribution in [3.05, 3.63) is 40.9 Å². The highest BCUT2D eigenvalue weighted by molar-refractivity contribution is 6.32. The van der Waals surface area contributed by atoms with Crippen LogP contribution < -0.4 is 5.32 Å². The second-order valence-electron chi connectivity index (χ2n) is 6.79. The molecule has 1 N–H and O–H groups in total. The molecule has 2 unspecified atom stereocenters. The van der Waals surface area contributed by atoms with E-state index in [1.54, 1.807) is 4.68 Å². The molecule has 142 valence electrons. The van der Waals surface area contributed by atoms with E-state index in [0.29, 0.717) is 11.6 Å². The number of amides is 1. The first kappa shape index (κ1) is 20.7. The SMILES string of the molecule is CC(C)c1nc(C(=O)N2CCNC(C)C2C)nn1-c1ccccc1Cl.Cl. The smallest absolute Gasteiger partial charge is 0.293 e. The molecule has 0 aliphatic carbocycles. The zero-order valence-electron chi connectivity index (χ0n) is 15.4. The fourth-order valence-electron chi connectivity index (χ4n) is 3.06. The zero-order chi connectivity index (χ0) is 18.1. The highest BCUT2D eigenvalue weighted by Crippen LogP contribution is 2.24. The van der Waals surface area contributed by atoms with Gasteiger partial charge in [-0.25, -0.2) is 9.67 Å². The lowest BCUT2D eigenvalue weighted by Crippen LogP contribution is -2.57. The summed E-state index contributed by atoms with van der Waals surface area (Å²) in [7, 11) is 0. The van der Waals surface area contributed by atoms with Gasteiger partial charge < -0.3 is 10.2 Å². The molecular formula is C18H25Cl2N5O. The molecule has 1 amide bonds. The standard InChI is InChI=1S/C18H24ClN5O.ClH/c1-11(2)17-21-16(18(25)23-10-9-20-12(3)13(23)4)22-24(17)15-8-6-5-7-14(15)19;/h5-8,11-13,20H,9-10H2,1-4H3;1H. The van der Waals surface area contributed by atoms with E-state index < -0.39 is 0 Å². The Morgan fingerprint density at radius 3 is 2.65 bits per heavy atom. The van der Waals surface area contributed by atoms with Gasteiger partial charge in [0.25, 0.3) is 5.91 Å². The summed E-state index contributed by atoms with van der Waals surface area (Å²) in [6.07, 6.45) is 0. The first-order chi connectivity index (χ1) is 11.9. The summed E-state index contributed by atoms with van der Waals surface area (Å²) in [6.45, 7) is 9.62. The number of carbonyl (C=O) groups is 1. The Morgan fingerprint density at radius 2 is 2.00 bits per heavy atom. The van der Waals surface area contributed by atoms with E-state index in [1.807, 2.05) is 49.9 Å². The minimum Gasteiger partial charge on any atom is -0.330 e. The highest BCUT2D eigenvalue weighted by atomic mass is 35.5. The molecule has 3 rings (SSSR count). The van der Waals surface area contributed by atoms with E-state index >= 15 is 0 Å². The van der Waals surface area contributed by atoms with Crippen molar-refractivity contribution in [2.75, 3.05) is 13.1 Å². The van der Waals surface area contributed by atoms with Gasteiger partial charge in [0, 0.05) is 31.1 Å². The summed E-state index contributed by atoms with van der Waals surface area (Å²) in [4.78, 5) is 19.4. The monoisotopic (exact) mass is 397 g/mol. The van der Waals surface area contributed by atoms with E-state index in [9.17, 15) is 4.79 Å². The topological polar surface area (TPSA) is 63.1 Å². The molecule has 2 atom stereocenters. The Hall–Kier alpha value is -1.63. The number of piperazine rings is 1. The van der Waals surface area contributed by atoms with Gasteiger partial charge in [-0.05, 0) is 26.0 Å². The molecule has 0 bridgehead atoms. The molecule has 6 nitrogen and oxygen atoms in total. The van der Waals surface area contributed by atoms with E-state index in [-0.39, 0.29) is 42.1 Å². The number of carbonyl (C=O) groups excluding carboxylic acids is 1. The van der Waals surface area contributed by atoms with Crippen LogP contribution in [0.5, 0.6) is 0 Å². The third-order valence-electron chi connectivity index (χ3n) is 4.72. The molecule has 1 saturated heterocycles. The summed E-state index contributed by atoms with van der Waals surface area (Å²) >= 11 is 6.32. The maximum Gasteiger partial charge on any atom is 0.293 e. The lowest BCUT2D eigenvalue weighted by atomic mass is 10.1. The molecule has 0 saturated carbocycles. The summed E-state index contributed by atoms with van der Waals surface area (Å²) in [5.41, 5.74) is 0.737. The second-order valence-corrected chi connectivity index (χ2v) is 7.20. The van der Waals surface area contributed by atoms with Gasteiger partial charge >= 0.3 is 0 Å². The van der Waals surface area contributed by atoms with Crippen molar-refractivity contribution in [2.45, 2.75) is 45.7 Å². The van der Waals surface area contributed by atoms with Crippen molar-refractivity contribution in [3.63, 3.8) is 0 Å². The lowest BCUT2D eigenvalue weighted by molar-refractivity contribution is 0.0590. The van der Waals surface area contributed by atoms with Gasteiger partial charge in [-0.1, -0.05) is 37.6 Å². The quantitative estimate of drug-likeness (QED) is 0.862. The lowest BCUT2D eigenvalue weighted by Gasteiger charge is -2.37. The number of nitrogens with one attached hydrogen (secondary N) is 1. The largest absolute Gasteiger partial charge is 0.330 e. The molecule has 1 aliphatic rings. The van der Waals surface area contributed by atoms with Gasteiger partial charge in [0.05, 0.1) is 10.7 Å². The molecule has 0 radical (unpaired) electrons.